The highest BCUT2D eigenvalue weighted by Crippen LogP contribution is 2.13. The number of rotatable bonds is 7. The van der Waals surface area contributed by atoms with Crippen molar-refractivity contribution >= 4 is 47.4 Å². The van der Waals surface area contributed by atoms with Crippen LogP contribution in [0.5, 0.6) is 0 Å². The largest absolute Gasteiger partial charge is 0.352 e. The first kappa shape index (κ1) is 25.2. The van der Waals surface area contributed by atoms with Crippen LogP contribution in [-0.2, 0) is 16.1 Å². The highest BCUT2D eigenvalue weighted by molar-refractivity contribution is 14.0. The first-order valence-corrected chi connectivity index (χ1v) is 10.1. The minimum absolute atomic E-state index is 0. The van der Waals surface area contributed by atoms with Gasteiger partial charge in [-0.3, -0.25) is 14.6 Å². The van der Waals surface area contributed by atoms with Gasteiger partial charge in [-0.05, 0) is 30.5 Å². The van der Waals surface area contributed by atoms with Crippen LogP contribution in [0.25, 0.3) is 0 Å². The maximum Gasteiger partial charge on any atom is 0.225 e. The number of anilines is 1. The van der Waals surface area contributed by atoms with E-state index in [-0.39, 0.29) is 47.8 Å². The average molecular weight is 515 g/mol. The van der Waals surface area contributed by atoms with Gasteiger partial charge in [0.1, 0.15) is 0 Å². The van der Waals surface area contributed by atoms with Gasteiger partial charge in [-0.15, -0.1) is 24.0 Å². The number of guanidine groups is 1. The lowest BCUT2D eigenvalue weighted by atomic mass is 10.2. The minimum Gasteiger partial charge on any atom is -0.352 e. The van der Waals surface area contributed by atoms with Crippen molar-refractivity contribution in [2.24, 2.45) is 10.9 Å². The van der Waals surface area contributed by atoms with Gasteiger partial charge in [-0.2, -0.15) is 0 Å². The lowest BCUT2D eigenvalue weighted by Gasteiger charge is -2.20. The molecule has 0 aliphatic carbocycles. The Labute approximate surface area is 191 Å². The van der Waals surface area contributed by atoms with Gasteiger partial charge in [0.25, 0.3) is 0 Å². The number of carbonyl (C=O) groups excluding carboxylic acids is 2. The Morgan fingerprint density at radius 3 is 2.72 bits per heavy atom. The summed E-state index contributed by atoms with van der Waals surface area (Å²) >= 11 is 0. The average Bonchev–Trinajstić information content (AvgIpc) is 3.13. The van der Waals surface area contributed by atoms with Crippen LogP contribution in [0.2, 0.25) is 0 Å². The zero-order chi connectivity index (χ0) is 20.5. The number of amides is 2. The summed E-state index contributed by atoms with van der Waals surface area (Å²) < 4.78 is 0. The maximum atomic E-state index is 12.1. The van der Waals surface area contributed by atoms with Crippen LogP contribution in [0.4, 0.5) is 5.69 Å². The molecular weight excluding hydrogens is 481 g/mol. The molecule has 1 saturated heterocycles. The summed E-state index contributed by atoms with van der Waals surface area (Å²) in [6, 6.07) is 8.00. The molecule has 2 rings (SSSR count). The number of hydrogen-bond donors (Lipinski definition) is 3. The molecule has 29 heavy (non-hydrogen) atoms. The Morgan fingerprint density at radius 2 is 2.07 bits per heavy atom. The molecule has 7 nitrogen and oxygen atoms in total. The van der Waals surface area contributed by atoms with Crippen LogP contribution in [0.3, 0.4) is 0 Å². The van der Waals surface area contributed by atoms with E-state index >= 15 is 0 Å². The van der Waals surface area contributed by atoms with Gasteiger partial charge in [-0.25, -0.2) is 0 Å². The number of likely N-dealkylation sites (tertiary alicyclic amines) is 1. The Morgan fingerprint density at radius 1 is 1.31 bits per heavy atom. The summed E-state index contributed by atoms with van der Waals surface area (Å²) in [4.78, 5) is 30.1. The Bertz CT molecular complexity index is 708. The number of halogens is 1. The van der Waals surface area contributed by atoms with E-state index in [4.69, 9.17) is 0 Å². The van der Waals surface area contributed by atoms with Crippen LogP contribution < -0.4 is 16.0 Å². The second-order valence-electron chi connectivity index (χ2n) is 7.49. The normalized spacial score (nSPS) is 16.4. The topological polar surface area (TPSA) is 85.8 Å². The number of nitrogens with zero attached hydrogens (tertiary/aromatic N) is 2. The predicted molar refractivity (Wildman–Crippen MR) is 129 cm³/mol. The monoisotopic (exact) mass is 515 g/mol. The molecule has 2 amide bonds. The predicted octanol–water partition coefficient (Wildman–Crippen LogP) is 2.97. The lowest BCUT2D eigenvalue weighted by Crippen LogP contribution is -2.45. The second kappa shape index (κ2) is 12.7. The maximum absolute atomic E-state index is 12.1. The zero-order valence-electron chi connectivity index (χ0n) is 17.8. The summed E-state index contributed by atoms with van der Waals surface area (Å²) in [7, 11) is 1.74. The van der Waals surface area contributed by atoms with E-state index in [1.54, 1.807) is 7.05 Å². The van der Waals surface area contributed by atoms with Gasteiger partial charge in [0.15, 0.2) is 5.96 Å². The van der Waals surface area contributed by atoms with Gasteiger partial charge in [0.2, 0.25) is 11.8 Å². The molecule has 0 radical (unpaired) electrons. The van der Waals surface area contributed by atoms with Crippen LogP contribution in [0.15, 0.2) is 29.3 Å². The van der Waals surface area contributed by atoms with E-state index in [0.29, 0.717) is 25.5 Å². The van der Waals surface area contributed by atoms with Crippen LogP contribution >= 0.6 is 24.0 Å². The molecule has 1 atom stereocenters. The van der Waals surface area contributed by atoms with Crippen molar-refractivity contribution in [2.45, 2.75) is 52.6 Å². The number of hydrogen-bond acceptors (Lipinski definition) is 3. The Balaban J connectivity index is 0.00000420. The molecule has 1 heterocycles. The number of benzene rings is 1. The van der Waals surface area contributed by atoms with Gasteiger partial charge in [0, 0.05) is 50.7 Å². The van der Waals surface area contributed by atoms with Crippen molar-refractivity contribution in [1.29, 1.82) is 0 Å². The standard InChI is InChI=1S/C21H33N5O2.HI/c1-5-7-19(27)24-17-9-6-8-16(12-17)13-23-21(22-4)25-18-10-11-26(14-18)20(28)15(2)3;/h6,8-9,12,15,18H,5,7,10-11,13-14H2,1-4H3,(H,24,27)(H2,22,23,25);1H. The SMILES string of the molecule is CCCC(=O)Nc1cccc(CNC(=NC)NC2CCN(C(=O)C(C)C)C2)c1.I. The van der Waals surface area contributed by atoms with Gasteiger partial charge < -0.3 is 20.9 Å². The molecule has 0 bridgehead atoms. The molecule has 8 heteroatoms. The van der Waals surface area contributed by atoms with E-state index in [9.17, 15) is 9.59 Å². The van der Waals surface area contributed by atoms with Gasteiger partial charge in [-0.1, -0.05) is 32.9 Å². The van der Waals surface area contributed by atoms with E-state index in [1.807, 2.05) is 49.9 Å². The van der Waals surface area contributed by atoms with Crippen molar-refractivity contribution in [3.63, 3.8) is 0 Å². The quantitative estimate of drug-likeness (QED) is 0.296. The van der Waals surface area contributed by atoms with E-state index in [2.05, 4.69) is 20.9 Å². The molecule has 1 unspecified atom stereocenters. The van der Waals surface area contributed by atoms with Crippen LogP contribution in [-0.4, -0.2) is 48.9 Å². The Hall–Kier alpha value is -1.84. The summed E-state index contributed by atoms with van der Waals surface area (Å²) in [5, 5.41) is 9.62. The van der Waals surface area contributed by atoms with Gasteiger partial charge >= 0.3 is 0 Å². The molecule has 0 spiro atoms. The van der Waals surface area contributed by atoms with Gasteiger partial charge in [0.05, 0.1) is 0 Å². The molecule has 0 saturated carbocycles. The molecule has 0 aromatic heterocycles. The zero-order valence-corrected chi connectivity index (χ0v) is 20.2. The first-order valence-electron chi connectivity index (χ1n) is 10.1. The number of nitrogens with one attached hydrogen (secondary N) is 3. The molecule has 1 aliphatic rings. The van der Waals surface area contributed by atoms with Crippen LogP contribution in [0.1, 0.15) is 45.6 Å². The van der Waals surface area contributed by atoms with Crippen molar-refractivity contribution in [2.75, 3.05) is 25.5 Å². The highest BCUT2D eigenvalue weighted by Gasteiger charge is 2.27. The van der Waals surface area contributed by atoms with Crippen molar-refractivity contribution in [3.05, 3.63) is 29.8 Å². The smallest absolute Gasteiger partial charge is 0.225 e. The fraction of sp³-hybridized carbons (Fsp3) is 0.571. The lowest BCUT2D eigenvalue weighted by molar-refractivity contribution is -0.133. The van der Waals surface area contributed by atoms with E-state index in [0.717, 1.165) is 30.6 Å². The van der Waals surface area contributed by atoms with Crippen molar-refractivity contribution < 1.29 is 9.59 Å². The molecule has 3 N–H and O–H groups in total. The summed E-state index contributed by atoms with van der Waals surface area (Å²) in [6.07, 6.45) is 2.27. The third-order valence-corrected chi connectivity index (χ3v) is 4.71. The molecular formula is C21H34IN5O2. The summed E-state index contributed by atoms with van der Waals surface area (Å²) in [5.74, 6) is 0.978. The van der Waals surface area contributed by atoms with Crippen LogP contribution in [0, 0.1) is 5.92 Å². The number of aliphatic imine (C=N–C) groups is 1. The van der Waals surface area contributed by atoms with Crippen molar-refractivity contribution in [1.82, 2.24) is 15.5 Å². The first-order chi connectivity index (χ1) is 13.4. The highest BCUT2D eigenvalue weighted by atomic mass is 127. The molecule has 1 aromatic carbocycles. The third-order valence-electron chi connectivity index (χ3n) is 4.71. The number of carbonyl (C=O) groups is 2. The summed E-state index contributed by atoms with van der Waals surface area (Å²) in [6.45, 7) is 7.94. The van der Waals surface area contributed by atoms with Crippen molar-refractivity contribution in [3.8, 4) is 0 Å². The van der Waals surface area contributed by atoms with E-state index < -0.39 is 0 Å². The third kappa shape index (κ3) is 8.20. The minimum atomic E-state index is 0. The fourth-order valence-corrected chi connectivity index (χ4v) is 3.23. The fourth-order valence-electron chi connectivity index (χ4n) is 3.23. The Kier molecular flexibility index (Phi) is 11.0. The molecule has 1 fully saturated rings. The second-order valence-corrected chi connectivity index (χ2v) is 7.49. The molecule has 1 aliphatic heterocycles. The summed E-state index contributed by atoms with van der Waals surface area (Å²) in [5.41, 5.74) is 1.86. The molecule has 1 aromatic rings. The van der Waals surface area contributed by atoms with E-state index in [1.165, 1.54) is 0 Å². The molecule has 162 valence electrons.